The van der Waals surface area contributed by atoms with Crippen LogP contribution in [0.15, 0.2) is 0 Å². The summed E-state index contributed by atoms with van der Waals surface area (Å²) in [6, 6.07) is 0. The minimum atomic E-state index is 0.474. The minimum absolute atomic E-state index is 0.474. The Bertz CT molecular complexity index is 173. The van der Waals surface area contributed by atoms with Gasteiger partial charge in [0.05, 0.1) is 5.75 Å². The summed E-state index contributed by atoms with van der Waals surface area (Å²) in [6.07, 6.45) is 7.29. The van der Waals surface area contributed by atoms with Crippen molar-refractivity contribution in [3.05, 3.63) is 0 Å². The molecule has 1 aliphatic carbocycles. The average Bonchev–Trinajstić information content (AvgIpc) is 2.66. The zero-order valence-electron chi connectivity index (χ0n) is 9.42. The average molecular weight is 214 g/mol. The van der Waals surface area contributed by atoms with Crippen LogP contribution in [0.4, 0.5) is 0 Å². The van der Waals surface area contributed by atoms with Crippen LogP contribution >= 0.6 is 11.8 Å². The van der Waals surface area contributed by atoms with Crippen LogP contribution in [-0.4, -0.2) is 16.8 Å². The predicted molar refractivity (Wildman–Crippen MR) is 63.8 cm³/mol. The second-order valence-electron chi connectivity index (χ2n) is 4.42. The second kappa shape index (κ2) is 6.49. The summed E-state index contributed by atoms with van der Waals surface area (Å²) in [5.41, 5.74) is 0. The Balaban J connectivity index is 2.09. The first-order valence-electron chi connectivity index (χ1n) is 5.85. The number of thioether (sulfide) groups is 1. The van der Waals surface area contributed by atoms with Crippen molar-refractivity contribution in [1.29, 1.82) is 0 Å². The van der Waals surface area contributed by atoms with E-state index in [1.807, 2.05) is 11.8 Å². The molecule has 1 saturated carbocycles. The molecule has 1 atom stereocenters. The molecule has 0 bridgehead atoms. The lowest BCUT2D eigenvalue weighted by atomic mass is 10.0. The molecule has 0 heterocycles. The fourth-order valence-electron chi connectivity index (χ4n) is 1.95. The molecule has 0 aromatic heterocycles. The smallest absolute Gasteiger partial charge is 0.143 e. The molecule has 0 aromatic carbocycles. The molecule has 0 aliphatic heterocycles. The lowest BCUT2D eigenvalue weighted by Crippen LogP contribution is -2.09. The van der Waals surface area contributed by atoms with Gasteiger partial charge in [0.15, 0.2) is 0 Å². The van der Waals surface area contributed by atoms with Gasteiger partial charge in [0, 0.05) is 11.7 Å². The Kier molecular flexibility index (Phi) is 5.61. The van der Waals surface area contributed by atoms with E-state index in [0.717, 1.165) is 18.1 Å². The van der Waals surface area contributed by atoms with Crippen LogP contribution in [0.2, 0.25) is 0 Å². The summed E-state index contributed by atoms with van der Waals surface area (Å²) in [4.78, 5) is 11.6. The molecule has 0 saturated heterocycles. The van der Waals surface area contributed by atoms with Crippen molar-refractivity contribution in [2.24, 2.45) is 5.92 Å². The highest BCUT2D eigenvalue weighted by Gasteiger charge is 2.18. The van der Waals surface area contributed by atoms with Gasteiger partial charge in [-0.25, -0.2) is 0 Å². The second-order valence-corrected chi connectivity index (χ2v) is 5.85. The largest absolute Gasteiger partial charge is 0.299 e. The number of ketones is 1. The topological polar surface area (TPSA) is 17.1 Å². The number of carbonyl (C=O) groups is 1. The molecule has 0 N–H and O–H groups in total. The van der Waals surface area contributed by atoms with Gasteiger partial charge in [-0.1, -0.05) is 39.5 Å². The third-order valence-electron chi connectivity index (χ3n) is 3.09. The zero-order chi connectivity index (χ0) is 10.4. The van der Waals surface area contributed by atoms with E-state index in [-0.39, 0.29) is 0 Å². The summed E-state index contributed by atoms with van der Waals surface area (Å²) in [5.74, 6) is 1.94. The molecule has 0 aromatic rings. The SMILES string of the molecule is CCC(C)SCC(=O)CC1CCCC1. The summed E-state index contributed by atoms with van der Waals surface area (Å²) < 4.78 is 0. The summed E-state index contributed by atoms with van der Waals surface area (Å²) >= 11 is 1.82. The van der Waals surface area contributed by atoms with Gasteiger partial charge in [0.25, 0.3) is 0 Å². The van der Waals surface area contributed by atoms with Gasteiger partial charge in [-0.3, -0.25) is 4.79 Å². The molecule has 1 fully saturated rings. The molecule has 2 heteroatoms. The van der Waals surface area contributed by atoms with Crippen LogP contribution in [0, 0.1) is 5.92 Å². The van der Waals surface area contributed by atoms with E-state index in [2.05, 4.69) is 13.8 Å². The molecular weight excluding hydrogens is 192 g/mol. The first-order chi connectivity index (χ1) is 6.72. The number of rotatable bonds is 6. The van der Waals surface area contributed by atoms with Crippen LogP contribution < -0.4 is 0 Å². The van der Waals surface area contributed by atoms with E-state index >= 15 is 0 Å². The molecule has 0 radical (unpaired) electrons. The number of hydrogen-bond donors (Lipinski definition) is 0. The molecule has 1 aliphatic rings. The molecule has 0 spiro atoms. The van der Waals surface area contributed by atoms with Crippen molar-refractivity contribution in [3.63, 3.8) is 0 Å². The first-order valence-corrected chi connectivity index (χ1v) is 6.90. The maximum atomic E-state index is 11.6. The van der Waals surface area contributed by atoms with E-state index in [9.17, 15) is 4.79 Å². The lowest BCUT2D eigenvalue weighted by Gasteiger charge is -2.09. The van der Waals surface area contributed by atoms with Gasteiger partial charge in [0.1, 0.15) is 5.78 Å². The number of hydrogen-bond acceptors (Lipinski definition) is 2. The standard InChI is InChI=1S/C12H22OS/c1-3-10(2)14-9-12(13)8-11-6-4-5-7-11/h10-11H,3-9H2,1-2H3. The van der Waals surface area contributed by atoms with Gasteiger partial charge in [-0.15, -0.1) is 0 Å². The van der Waals surface area contributed by atoms with E-state index < -0.39 is 0 Å². The fourth-order valence-corrected chi connectivity index (χ4v) is 2.77. The molecule has 14 heavy (non-hydrogen) atoms. The Morgan fingerprint density at radius 2 is 2.07 bits per heavy atom. The first kappa shape index (κ1) is 12.1. The highest BCUT2D eigenvalue weighted by atomic mass is 32.2. The third kappa shape index (κ3) is 4.50. The molecular formula is C12H22OS. The fraction of sp³-hybridized carbons (Fsp3) is 0.917. The minimum Gasteiger partial charge on any atom is -0.299 e. The summed E-state index contributed by atoms with van der Waals surface area (Å²) in [6.45, 7) is 4.38. The van der Waals surface area contributed by atoms with Gasteiger partial charge in [-0.05, 0) is 12.3 Å². The number of carbonyl (C=O) groups excluding carboxylic acids is 1. The highest BCUT2D eigenvalue weighted by Crippen LogP contribution is 2.28. The summed E-state index contributed by atoms with van der Waals surface area (Å²) in [7, 11) is 0. The van der Waals surface area contributed by atoms with Gasteiger partial charge >= 0.3 is 0 Å². The number of Topliss-reactive ketones (excluding diaryl/α,β-unsaturated/α-hetero) is 1. The maximum absolute atomic E-state index is 11.6. The molecule has 82 valence electrons. The molecule has 0 amide bonds. The van der Waals surface area contributed by atoms with Crippen LogP contribution in [0.3, 0.4) is 0 Å². The van der Waals surface area contributed by atoms with E-state index in [4.69, 9.17) is 0 Å². The predicted octanol–water partition coefficient (Wildman–Crippen LogP) is 3.67. The van der Waals surface area contributed by atoms with E-state index in [0.29, 0.717) is 11.0 Å². The Hall–Kier alpha value is 0.0200. The quantitative estimate of drug-likeness (QED) is 0.671. The molecule has 1 nitrogen and oxygen atoms in total. The zero-order valence-corrected chi connectivity index (χ0v) is 10.2. The van der Waals surface area contributed by atoms with Crippen molar-refractivity contribution >= 4 is 17.5 Å². The normalized spacial score (nSPS) is 19.9. The van der Waals surface area contributed by atoms with E-state index in [1.165, 1.54) is 32.1 Å². The maximum Gasteiger partial charge on any atom is 0.143 e. The van der Waals surface area contributed by atoms with Crippen LogP contribution in [0.25, 0.3) is 0 Å². The lowest BCUT2D eigenvalue weighted by molar-refractivity contribution is -0.117. The molecule has 1 unspecified atom stereocenters. The monoisotopic (exact) mass is 214 g/mol. The van der Waals surface area contributed by atoms with Gasteiger partial charge in [-0.2, -0.15) is 11.8 Å². The van der Waals surface area contributed by atoms with Crippen molar-refractivity contribution in [2.75, 3.05) is 5.75 Å². The summed E-state index contributed by atoms with van der Waals surface area (Å²) in [5, 5.41) is 0.641. The molecule has 1 rings (SSSR count). The van der Waals surface area contributed by atoms with Crippen molar-refractivity contribution < 1.29 is 4.79 Å². The van der Waals surface area contributed by atoms with E-state index in [1.54, 1.807) is 0 Å². The van der Waals surface area contributed by atoms with Crippen molar-refractivity contribution in [2.45, 2.75) is 57.6 Å². The van der Waals surface area contributed by atoms with Gasteiger partial charge in [0.2, 0.25) is 0 Å². The van der Waals surface area contributed by atoms with Crippen LogP contribution in [0.1, 0.15) is 52.4 Å². The Morgan fingerprint density at radius 1 is 1.43 bits per heavy atom. The van der Waals surface area contributed by atoms with Gasteiger partial charge < -0.3 is 0 Å². The Morgan fingerprint density at radius 3 is 2.64 bits per heavy atom. The van der Waals surface area contributed by atoms with Crippen LogP contribution in [-0.2, 0) is 4.79 Å². The third-order valence-corrected chi connectivity index (χ3v) is 4.49. The highest BCUT2D eigenvalue weighted by molar-refractivity contribution is 8.00. The Labute approximate surface area is 92.0 Å². The van der Waals surface area contributed by atoms with Crippen molar-refractivity contribution in [1.82, 2.24) is 0 Å². The van der Waals surface area contributed by atoms with Crippen LogP contribution in [0.5, 0.6) is 0 Å². The van der Waals surface area contributed by atoms with Crippen molar-refractivity contribution in [3.8, 4) is 0 Å².